The molecule has 0 radical (unpaired) electrons. The molecule has 45 heavy (non-hydrogen) atoms. The second-order valence-electron chi connectivity index (χ2n) is 10.2. The van der Waals surface area contributed by atoms with E-state index in [0.717, 1.165) is 8.95 Å². The summed E-state index contributed by atoms with van der Waals surface area (Å²) in [7, 11) is 0. The molecule has 0 atom stereocenters. The van der Waals surface area contributed by atoms with Crippen molar-refractivity contribution in [3.05, 3.63) is 150 Å². The predicted molar refractivity (Wildman–Crippen MR) is 187 cm³/mol. The fraction of sp³-hybridized carbons (Fsp3) is 0.111. The fourth-order valence-corrected chi connectivity index (χ4v) is 5.45. The zero-order valence-corrected chi connectivity index (χ0v) is 29.6. The minimum absolute atomic E-state index is 0. The number of nitrogens with zero attached hydrogens (tertiary/aromatic N) is 4. The van der Waals surface area contributed by atoms with E-state index in [-0.39, 0.29) is 32.0 Å². The van der Waals surface area contributed by atoms with Gasteiger partial charge in [-0.15, -0.1) is 22.8 Å². The number of benzene rings is 4. The standard InChI is InChI=1S/C36H30Br2N4O2.Pd/c1-21-33(35(43)25-13-17-27(37)18-14-25)22(2)40-31-11-7-8-12-32(31)42-24(4)34(36(44)26-15-19-28(38)20-16-26)23(3)41-30-10-6-5-9-29(30)39-21;/h5-20H,1-4H3,(H2,39,40,41,42,43,44);/q;+2/p-2. The first-order valence-electron chi connectivity index (χ1n) is 13.9. The molecule has 0 saturated heterocycles. The summed E-state index contributed by atoms with van der Waals surface area (Å²) in [6.07, 6.45) is 0. The van der Waals surface area contributed by atoms with E-state index < -0.39 is 0 Å². The fourth-order valence-electron chi connectivity index (χ4n) is 4.92. The second-order valence-corrected chi connectivity index (χ2v) is 12.0. The molecule has 9 heteroatoms. The van der Waals surface area contributed by atoms with Gasteiger partial charge in [-0.3, -0.25) is 19.6 Å². The Balaban J connectivity index is 0.00000461. The van der Waals surface area contributed by atoms with Gasteiger partial charge in [-0.2, -0.15) is 0 Å². The maximum atomic E-state index is 14.0. The average molecular weight is 815 g/mol. The first-order valence-corrected chi connectivity index (χ1v) is 15.5. The van der Waals surface area contributed by atoms with Crippen LogP contribution in [0.2, 0.25) is 0 Å². The van der Waals surface area contributed by atoms with Crippen molar-refractivity contribution in [2.75, 3.05) is 0 Å². The molecule has 0 spiro atoms. The number of allylic oxidation sites excluding steroid dienone is 4. The molecule has 4 aromatic carbocycles. The number of carbonyl (C=O) groups is 2. The van der Waals surface area contributed by atoms with Gasteiger partial charge in [-0.25, -0.2) is 0 Å². The van der Waals surface area contributed by atoms with Gasteiger partial charge >= 0.3 is 20.4 Å². The molecule has 0 aromatic heterocycles. The van der Waals surface area contributed by atoms with Gasteiger partial charge in [0.25, 0.3) is 0 Å². The van der Waals surface area contributed by atoms with Crippen molar-refractivity contribution in [1.82, 2.24) is 0 Å². The quantitative estimate of drug-likeness (QED) is 0.152. The molecule has 0 aliphatic carbocycles. The molecule has 228 valence electrons. The molecule has 0 N–H and O–H groups in total. The summed E-state index contributed by atoms with van der Waals surface area (Å²) in [6.45, 7) is 7.20. The minimum Gasteiger partial charge on any atom is -0.659 e. The number of ketones is 2. The molecule has 6 nitrogen and oxygen atoms in total. The normalized spacial score (nSPS) is 16.8. The Morgan fingerprint density at radius 1 is 0.533 bits per heavy atom. The molecule has 5 rings (SSSR count). The van der Waals surface area contributed by atoms with E-state index in [1.165, 1.54) is 0 Å². The number of fused-ring (bicyclic) bond motifs is 2. The third-order valence-electron chi connectivity index (χ3n) is 7.03. The van der Waals surface area contributed by atoms with Gasteiger partial charge in [0.05, 0.1) is 0 Å². The zero-order chi connectivity index (χ0) is 31.4. The van der Waals surface area contributed by atoms with E-state index in [1.807, 2.05) is 72.8 Å². The largest absolute Gasteiger partial charge is 2.00 e. The Morgan fingerprint density at radius 2 is 0.867 bits per heavy atom. The van der Waals surface area contributed by atoms with Gasteiger partial charge in [-0.05, 0) is 74.5 Å². The van der Waals surface area contributed by atoms with Crippen molar-refractivity contribution < 1.29 is 30.0 Å². The van der Waals surface area contributed by atoms with Gasteiger partial charge in [0.15, 0.2) is 11.6 Å². The van der Waals surface area contributed by atoms with E-state index in [1.54, 1.807) is 52.0 Å². The van der Waals surface area contributed by atoms with Gasteiger partial charge in [0.2, 0.25) is 0 Å². The smallest absolute Gasteiger partial charge is 0.659 e. The summed E-state index contributed by atoms with van der Waals surface area (Å²) in [5.41, 5.74) is 5.98. The van der Waals surface area contributed by atoms with Crippen LogP contribution in [0.3, 0.4) is 0 Å². The van der Waals surface area contributed by atoms with Crippen LogP contribution in [0.15, 0.2) is 139 Å². The summed E-state index contributed by atoms with van der Waals surface area (Å²) in [5.74, 6) is -0.394. The molecule has 4 aromatic rings. The molecular formula is C36H28Br2N4O2Pd. The second kappa shape index (κ2) is 15.0. The predicted octanol–water partition coefficient (Wildman–Crippen LogP) is 11.4. The van der Waals surface area contributed by atoms with Gasteiger partial charge in [0.1, 0.15) is 0 Å². The van der Waals surface area contributed by atoms with Crippen molar-refractivity contribution in [2.24, 2.45) is 9.98 Å². The summed E-state index contributed by atoms with van der Waals surface area (Å²) >= 11 is 6.89. The van der Waals surface area contributed by atoms with Gasteiger partial charge in [-0.1, -0.05) is 82.1 Å². The maximum Gasteiger partial charge on any atom is 2.00 e. The van der Waals surface area contributed by atoms with E-state index in [0.29, 0.717) is 67.8 Å². The van der Waals surface area contributed by atoms with Crippen LogP contribution < -0.4 is 0 Å². The van der Waals surface area contributed by atoms with Crippen LogP contribution in [0.25, 0.3) is 10.6 Å². The Hall–Kier alpha value is -3.74. The van der Waals surface area contributed by atoms with Crippen LogP contribution in [-0.4, -0.2) is 23.0 Å². The zero-order valence-electron chi connectivity index (χ0n) is 24.9. The van der Waals surface area contributed by atoms with Crippen LogP contribution in [0, 0.1) is 0 Å². The summed E-state index contributed by atoms with van der Waals surface area (Å²) in [4.78, 5) is 37.7. The summed E-state index contributed by atoms with van der Waals surface area (Å²) in [5, 5.41) is 9.81. The SMILES string of the molecule is CC1=Nc2ccccc2[N-]/C(C)=C(/C(=O)c2ccc(Br)cc2)C(C)=Nc2ccccc2[N-]/C(C)=C\1C(=O)c1ccc(Br)cc1.[Pd+2]. The minimum atomic E-state index is -0.197. The van der Waals surface area contributed by atoms with E-state index in [4.69, 9.17) is 20.6 Å². The number of rotatable bonds is 4. The van der Waals surface area contributed by atoms with Crippen LogP contribution in [-0.2, 0) is 20.4 Å². The molecule has 0 amide bonds. The van der Waals surface area contributed by atoms with Crippen molar-refractivity contribution in [2.45, 2.75) is 27.7 Å². The number of hydrogen-bond acceptors (Lipinski definition) is 4. The molecule has 1 aliphatic rings. The Morgan fingerprint density at radius 3 is 1.22 bits per heavy atom. The van der Waals surface area contributed by atoms with Crippen molar-refractivity contribution in [3.63, 3.8) is 0 Å². The molecule has 0 bridgehead atoms. The maximum absolute atomic E-state index is 14.0. The summed E-state index contributed by atoms with van der Waals surface area (Å²) in [6, 6.07) is 29.2. The molecule has 0 saturated carbocycles. The Kier molecular flexibility index (Phi) is 11.4. The average Bonchev–Trinajstić information content (AvgIpc) is 2.99. The Bertz CT molecular complexity index is 1750. The van der Waals surface area contributed by atoms with Crippen molar-refractivity contribution >= 4 is 77.6 Å². The van der Waals surface area contributed by atoms with Gasteiger partial charge in [0, 0.05) is 54.0 Å². The number of hydrogen-bond donors (Lipinski definition) is 0. The topological polar surface area (TPSA) is 87.1 Å². The van der Waals surface area contributed by atoms with Gasteiger partial charge < -0.3 is 10.6 Å². The third-order valence-corrected chi connectivity index (χ3v) is 8.09. The molecule has 0 unspecified atom stereocenters. The van der Waals surface area contributed by atoms with Crippen LogP contribution in [0.1, 0.15) is 48.4 Å². The van der Waals surface area contributed by atoms with Crippen molar-refractivity contribution in [1.29, 1.82) is 0 Å². The number of para-hydroxylation sites is 4. The third kappa shape index (κ3) is 7.92. The summed E-state index contributed by atoms with van der Waals surface area (Å²) < 4.78 is 1.75. The Labute approximate surface area is 293 Å². The van der Waals surface area contributed by atoms with E-state index in [9.17, 15) is 9.59 Å². The molecule has 1 aliphatic heterocycles. The molecule has 1 heterocycles. The number of Topliss-reactive ketones (excluding diaryl/α,β-unsaturated/α-hetero) is 2. The number of aliphatic imine (C=N–C) groups is 2. The first kappa shape index (κ1) is 34.1. The van der Waals surface area contributed by atoms with E-state index >= 15 is 0 Å². The monoisotopic (exact) mass is 812 g/mol. The van der Waals surface area contributed by atoms with Crippen LogP contribution >= 0.6 is 31.9 Å². The number of halogens is 2. The van der Waals surface area contributed by atoms with Crippen LogP contribution in [0.4, 0.5) is 22.7 Å². The first-order chi connectivity index (χ1) is 21.1. The molecular weight excluding hydrogens is 787 g/mol. The molecule has 0 fully saturated rings. The van der Waals surface area contributed by atoms with Crippen LogP contribution in [0.5, 0.6) is 0 Å². The van der Waals surface area contributed by atoms with Crippen molar-refractivity contribution in [3.8, 4) is 0 Å². The number of carbonyl (C=O) groups excluding carboxylic acids is 2. The van der Waals surface area contributed by atoms with E-state index in [2.05, 4.69) is 31.9 Å².